The van der Waals surface area contributed by atoms with Crippen molar-refractivity contribution in [2.45, 2.75) is 0 Å². The number of hydrogen-bond acceptors (Lipinski definition) is 4. The summed E-state index contributed by atoms with van der Waals surface area (Å²) in [5.74, 6) is 1.97. The second kappa shape index (κ2) is 11.9. The molecular formula is C49H29N3S. The van der Waals surface area contributed by atoms with Crippen LogP contribution in [0.5, 0.6) is 0 Å². The van der Waals surface area contributed by atoms with Crippen LogP contribution in [0, 0.1) is 0 Å². The van der Waals surface area contributed by atoms with Gasteiger partial charge in [-0.3, -0.25) is 0 Å². The fourth-order valence-corrected chi connectivity index (χ4v) is 9.32. The van der Waals surface area contributed by atoms with Crippen LogP contribution in [-0.2, 0) is 0 Å². The second-order valence-electron chi connectivity index (χ2n) is 13.5. The van der Waals surface area contributed by atoms with Crippen molar-refractivity contribution in [1.29, 1.82) is 0 Å². The third-order valence-corrected chi connectivity index (χ3v) is 11.7. The molecule has 0 radical (unpaired) electrons. The van der Waals surface area contributed by atoms with Gasteiger partial charge in [-0.2, -0.15) is 0 Å². The monoisotopic (exact) mass is 691 g/mol. The van der Waals surface area contributed by atoms with E-state index in [1.807, 2.05) is 72.0 Å². The minimum Gasteiger partial charge on any atom is -0.208 e. The van der Waals surface area contributed by atoms with Crippen molar-refractivity contribution in [3.05, 3.63) is 176 Å². The fraction of sp³-hybridized carbons (Fsp3) is 0. The molecule has 0 atom stereocenters. The van der Waals surface area contributed by atoms with E-state index in [1.54, 1.807) is 0 Å². The third-order valence-electron chi connectivity index (χ3n) is 10.5. The predicted molar refractivity (Wildman–Crippen MR) is 224 cm³/mol. The molecule has 4 heteroatoms. The van der Waals surface area contributed by atoms with E-state index in [0.717, 1.165) is 27.5 Å². The molecule has 2 heterocycles. The molecule has 0 saturated carbocycles. The summed E-state index contributed by atoms with van der Waals surface area (Å²) in [7, 11) is 0. The molecule has 3 nitrogen and oxygen atoms in total. The summed E-state index contributed by atoms with van der Waals surface area (Å²) in [6, 6.07) is 62.6. The zero-order chi connectivity index (χ0) is 34.9. The first kappa shape index (κ1) is 29.9. The zero-order valence-corrected chi connectivity index (χ0v) is 29.3. The van der Waals surface area contributed by atoms with E-state index < -0.39 is 0 Å². The molecule has 0 aliphatic rings. The molecule has 0 fully saturated rings. The molecule has 2 aromatic heterocycles. The molecule has 0 N–H and O–H groups in total. The summed E-state index contributed by atoms with van der Waals surface area (Å²) < 4.78 is 2.69. The summed E-state index contributed by atoms with van der Waals surface area (Å²) >= 11 is 1.90. The standard InChI is InChI=1S/C49H29N3S/c1-3-13-30(14-4-1)47-50-48(31-15-5-2-6-16-31)52-49(51-47)40-28-27-34(36-17-7-8-18-37(36)40)32-23-25-35-33(29-32)24-26-42-44(35)38-19-9-10-20-39(38)45-41-21-11-12-22-43(41)53-46(42)45/h1-29H. The average molecular weight is 692 g/mol. The number of nitrogens with zero attached hydrogens (tertiary/aromatic N) is 3. The second-order valence-corrected chi connectivity index (χ2v) is 14.6. The molecule has 0 aliphatic heterocycles. The lowest BCUT2D eigenvalue weighted by atomic mass is 9.90. The number of benzene rings is 9. The van der Waals surface area contributed by atoms with Gasteiger partial charge in [0.2, 0.25) is 0 Å². The largest absolute Gasteiger partial charge is 0.208 e. The van der Waals surface area contributed by atoms with Gasteiger partial charge in [0, 0.05) is 42.2 Å². The Kier molecular flexibility index (Phi) is 6.73. The van der Waals surface area contributed by atoms with Gasteiger partial charge in [0.15, 0.2) is 17.5 Å². The maximum atomic E-state index is 5.06. The lowest BCUT2D eigenvalue weighted by Crippen LogP contribution is -2.00. The highest BCUT2D eigenvalue weighted by Gasteiger charge is 2.18. The van der Waals surface area contributed by atoms with E-state index in [9.17, 15) is 0 Å². The molecule has 0 amide bonds. The maximum Gasteiger partial charge on any atom is 0.164 e. The molecular weight excluding hydrogens is 663 g/mol. The van der Waals surface area contributed by atoms with Gasteiger partial charge in [0.25, 0.3) is 0 Å². The van der Waals surface area contributed by atoms with Crippen molar-refractivity contribution in [2.75, 3.05) is 0 Å². The van der Waals surface area contributed by atoms with Crippen molar-refractivity contribution in [3.63, 3.8) is 0 Å². The number of aromatic nitrogens is 3. The normalized spacial score (nSPS) is 11.8. The van der Waals surface area contributed by atoms with Crippen molar-refractivity contribution in [3.8, 4) is 45.3 Å². The smallest absolute Gasteiger partial charge is 0.164 e. The number of thiophene rings is 1. The fourth-order valence-electron chi connectivity index (χ4n) is 8.07. The SMILES string of the molecule is c1ccc(-c2nc(-c3ccccc3)nc(-c3ccc(-c4ccc5c(ccc6c7sc8ccccc8c7c7ccccc7c56)c4)c4ccccc34)n2)cc1. The number of rotatable bonds is 4. The Bertz CT molecular complexity index is 3160. The van der Waals surface area contributed by atoms with Crippen molar-refractivity contribution in [2.24, 2.45) is 0 Å². The van der Waals surface area contributed by atoms with Crippen LogP contribution in [0.3, 0.4) is 0 Å². The Morgan fingerprint density at radius 2 is 0.849 bits per heavy atom. The van der Waals surface area contributed by atoms with Gasteiger partial charge in [0.1, 0.15) is 0 Å². The van der Waals surface area contributed by atoms with Crippen molar-refractivity contribution >= 4 is 74.6 Å². The summed E-state index contributed by atoms with van der Waals surface area (Å²) in [6.07, 6.45) is 0. The van der Waals surface area contributed by atoms with Gasteiger partial charge in [-0.1, -0.05) is 158 Å². The Morgan fingerprint density at radius 1 is 0.321 bits per heavy atom. The first-order valence-corrected chi connectivity index (χ1v) is 18.7. The minimum absolute atomic E-state index is 0.657. The number of hydrogen-bond donors (Lipinski definition) is 0. The topological polar surface area (TPSA) is 38.7 Å². The lowest BCUT2D eigenvalue weighted by molar-refractivity contribution is 1.08. The van der Waals surface area contributed by atoms with E-state index in [0.29, 0.717) is 17.5 Å². The molecule has 246 valence electrons. The summed E-state index contributed by atoms with van der Waals surface area (Å²) in [6.45, 7) is 0. The summed E-state index contributed by atoms with van der Waals surface area (Å²) in [4.78, 5) is 15.0. The molecule has 0 aliphatic carbocycles. The van der Waals surface area contributed by atoms with Crippen LogP contribution in [-0.4, -0.2) is 15.0 Å². The van der Waals surface area contributed by atoms with Gasteiger partial charge < -0.3 is 0 Å². The van der Waals surface area contributed by atoms with Gasteiger partial charge in [-0.15, -0.1) is 11.3 Å². The predicted octanol–water partition coefficient (Wildman–Crippen LogP) is 13.5. The third kappa shape index (κ3) is 4.77. The Labute approximate surface area is 309 Å². The summed E-state index contributed by atoms with van der Waals surface area (Å²) in [5.41, 5.74) is 5.25. The first-order chi connectivity index (χ1) is 26.3. The summed E-state index contributed by atoms with van der Waals surface area (Å²) in [5, 5.41) is 12.7. The van der Waals surface area contributed by atoms with Crippen LogP contribution in [0.25, 0.3) is 109 Å². The quantitative estimate of drug-likeness (QED) is 0.172. The van der Waals surface area contributed by atoms with Crippen LogP contribution < -0.4 is 0 Å². The van der Waals surface area contributed by atoms with Crippen molar-refractivity contribution < 1.29 is 0 Å². The lowest BCUT2D eigenvalue weighted by Gasteiger charge is -2.14. The first-order valence-electron chi connectivity index (χ1n) is 17.9. The Balaban J connectivity index is 1.10. The van der Waals surface area contributed by atoms with Gasteiger partial charge in [0.05, 0.1) is 0 Å². The highest BCUT2D eigenvalue weighted by Crippen LogP contribution is 2.46. The van der Waals surface area contributed by atoms with E-state index in [2.05, 4.69) is 115 Å². The maximum absolute atomic E-state index is 5.06. The van der Waals surface area contributed by atoms with E-state index in [-0.39, 0.29) is 0 Å². The van der Waals surface area contributed by atoms with Crippen molar-refractivity contribution in [1.82, 2.24) is 15.0 Å². The molecule has 0 spiro atoms. The molecule has 0 saturated heterocycles. The molecule has 9 aromatic carbocycles. The van der Waals surface area contributed by atoms with Crippen LogP contribution in [0.2, 0.25) is 0 Å². The molecule has 11 aromatic rings. The van der Waals surface area contributed by atoms with Crippen LogP contribution in [0.1, 0.15) is 0 Å². The average Bonchev–Trinajstić information content (AvgIpc) is 3.63. The van der Waals surface area contributed by atoms with E-state index in [4.69, 9.17) is 15.0 Å². The zero-order valence-electron chi connectivity index (χ0n) is 28.5. The molecule has 0 bridgehead atoms. The van der Waals surface area contributed by atoms with Gasteiger partial charge in [-0.05, 0) is 67.0 Å². The number of fused-ring (bicyclic) bond motifs is 11. The Morgan fingerprint density at radius 3 is 1.55 bits per heavy atom. The van der Waals surface area contributed by atoms with Gasteiger partial charge in [-0.25, -0.2) is 15.0 Å². The molecule has 0 unspecified atom stereocenters. The minimum atomic E-state index is 0.657. The highest BCUT2D eigenvalue weighted by atomic mass is 32.1. The molecule has 53 heavy (non-hydrogen) atoms. The van der Waals surface area contributed by atoms with Crippen LogP contribution in [0.4, 0.5) is 0 Å². The molecule has 11 rings (SSSR count). The van der Waals surface area contributed by atoms with Gasteiger partial charge >= 0.3 is 0 Å². The van der Waals surface area contributed by atoms with E-state index in [1.165, 1.54) is 63.6 Å². The highest BCUT2D eigenvalue weighted by molar-refractivity contribution is 7.27. The van der Waals surface area contributed by atoms with Crippen LogP contribution in [0.15, 0.2) is 176 Å². The van der Waals surface area contributed by atoms with Crippen LogP contribution >= 0.6 is 11.3 Å². The Hall–Kier alpha value is -6.75. The van der Waals surface area contributed by atoms with E-state index >= 15 is 0 Å².